The molecular formula is C47H89NO7. The number of hydrogen-bond donors (Lipinski definition) is 1. The van der Waals surface area contributed by atoms with E-state index in [2.05, 4.69) is 50.0 Å². The van der Waals surface area contributed by atoms with Crippen LogP contribution >= 0.6 is 0 Å². The van der Waals surface area contributed by atoms with E-state index in [0.29, 0.717) is 45.8 Å². The minimum atomic E-state index is -0.427. The van der Waals surface area contributed by atoms with E-state index in [9.17, 15) is 14.7 Å². The van der Waals surface area contributed by atoms with Crippen LogP contribution < -0.4 is 0 Å². The molecule has 0 aromatic heterocycles. The Morgan fingerprint density at radius 2 is 0.909 bits per heavy atom. The molecule has 0 saturated carbocycles. The minimum absolute atomic E-state index is 0.0446. The number of rotatable bonds is 44. The van der Waals surface area contributed by atoms with Gasteiger partial charge in [0.05, 0.1) is 39.5 Å². The van der Waals surface area contributed by atoms with E-state index in [4.69, 9.17) is 18.9 Å². The molecule has 55 heavy (non-hydrogen) atoms. The quantitative estimate of drug-likeness (QED) is 0.0283. The van der Waals surface area contributed by atoms with Crippen LogP contribution in [0.15, 0.2) is 24.3 Å². The molecule has 0 radical (unpaired) electrons. The molecule has 0 aliphatic carbocycles. The summed E-state index contributed by atoms with van der Waals surface area (Å²) in [5.41, 5.74) is 0. The second-order valence-corrected chi connectivity index (χ2v) is 15.3. The van der Waals surface area contributed by atoms with Crippen molar-refractivity contribution in [2.75, 3.05) is 52.7 Å². The molecule has 0 aliphatic rings. The van der Waals surface area contributed by atoms with Crippen molar-refractivity contribution < 1.29 is 33.6 Å². The summed E-state index contributed by atoms with van der Waals surface area (Å²) < 4.78 is 22.9. The normalized spacial score (nSPS) is 11.9. The number of carbonyl (C=O) groups excluding carboxylic acids is 2. The molecule has 8 nitrogen and oxygen atoms in total. The second-order valence-electron chi connectivity index (χ2n) is 15.3. The fourth-order valence-corrected chi connectivity index (χ4v) is 6.50. The molecule has 0 rings (SSSR count). The molecule has 0 aliphatic heterocycles. The Kier molecular flexibility index (Phi) is 43.5. The predicted octanol–water partition coefficient (Wildman–Crippen LogP) is 12.2. The third-order valence-corrected chi connectivity index (χ3v) is 10.0. The van der Waals surface area contributed by atoms with Crippen molar-refractivity contribution in [2.24, 2.45) is 0 Å². The van der Waals surface area contributed by atoms with Crippen molar-refractivity contribution >= 4 is 11.9 Å². The molecule has 0 fully saturated rings. The average molecular weight is 780 g/mol. The smallest absolute Gasteiger partial charge is 0.305 e. The van der Waals surface area contributed by atoms with Crippen LogP contribution in [0.2, 0.25) is 0 Å². The van der Waals surface area contributed by atoms with Gasteiger partial charge in [0.25, 0.3) is 0 Å². The molecule has 0 atom stereocenters. The zero-order valence-electron chi connectivity index (χ0n) is 36.4. The van der Waals surface area contributed by atoms with Crippen LogP contribution in [0.5, 0.6) is 0 Å². The molecule has 0 saturated heterocycles. The summed E-state index contributed by atoms with van der Waals surface area (Å²) in [6, 6.07) is 0. The van der Waals surface area contributed by atoms with Gasteiger partial charge in [0, 0.05) is 19.4 Å². The maximum Gasteiger partial charge on any atom is 0.305 e. The van der Waals surface area contributed by atoms with E-state index in [1.807, 2.05) is 0 Å². The van der Waals surface area contributed by atoms with Crippen LogP contribution in [-0.2, 0) is 28.5 Å². The van der Waals surface area contributed by atoms with E-state index in [0.717, 1.165) is 96.6 Å². The Hall–Kier alpha value is -1.74. The van der Waals surface area contributed by atoms with Gasteiger partial charge in [-0.15, -0.1) is 0 Å². The van der Waals surface area contributed by atoms with E-state index in [1.54, 1.807) is 0 Å². The van der Waals surface area contributed by atoms with Gasteiger partial charge >= 0.3 is 11.9 Å². The SMILES string of the molecule is CCCCCC/C=C/COC(CCC(=O)OCCCCCCN(CCO)CCCCCCCC(=O)OCCCCCCCCC)OC/C=C/CCCCCC. The zero-order chi connectivity index (χ0) is 40.1. The number of nitrogens with zero attached hydrogens (tertiary/aromatic N) is 1. The largest absolute Gasteiger partial charge is 0.466 e. The van der Waals surface area contributed by atoms with Crippen LogP contribution in [0.3, 0.4) is 0 Å². The van der Waals surface area contributed by atoms with Gasteiger partial charge in [-0.25, -0.2) is 0 Å². The lowest BCUT2D eigenvalue weighted by Gasteiger charge is -2.21. The lowest BCUT2D eigenvalue weighted by molar-refractivity contribution is -0.153. The van der Waals surface area contributed by atoms with E-state index in [-0.39, 0.29) is 25.0 Å². The third-order valence-electron chi connectivity index (χ3n) is 10.0. The maximum atomic E-state index is 12.5. The number of aliphatic hydroxyl groups excluding tert-OH is 1. The summed E-state index contributed by atoms with van der Waals surface area (Å²) in [4.78, 5) is 26.8. The lowest BCUT2D eigenvalue weighted by atomic mass is 10.1. The lowest BCUT2D eigenvalue weighted by Crippen LogP contribution is -2.29. The molecule has 0 amide bonds. The summed E-state index contributed by atoms with van der Waals surface area (Å²) >= 11 is 0. The van der Waals surface area contributed by atoms with Crippen molar-refractivity contribution in [2.45, 2.75) is 213 Å². The Morgan fingerprint density at radius 1 is 0.491 bits per heavy atom. The van der Waals surface area contributed by atoms with Gasteiger partial charge in [-0.1, -0.05) is 154 Å². The van der Waals surface area contributed by atoms with Crippen molar-refractivity contribution in [3.63, 3.8) is 0 Å². The molecule has 0 aromatic rings. The predicted molar refractivity (Wildman–Crippen MR) is 230 cm³/mol. The molecule has 1 N–H and O–H groups in total. The Morgan fingerprint density at radius 3 is 1.40 bits per heavy atom. The monoisotopic (exact) mass is 780 g/mol. The number of aliphatic hydroxyl groups is 1. The summed E-state index contributed by atoms with van der Waals surface area (Å²) in [6.07, 6.45) is 39.6. The molecule has 8 heteroatoms. The number of carbonyl (C=O) groups is 2. The number of esters is 2. The second kappa shape index (κ2) is 45.0. The highest BCUT2D eigenvalue weighted by Gasteiger charge is 2.13. The van der Waals surface area contributed by atoms with Crippen molar-refractivity contribution in [3.05, 3.63) is 24.3 Å². The van der Waals surface area contributed by atoms with Gasteiger partial charge in [0.2, 0.25) is 0 Å². The van der Waals surface area contributed by atoms with Crippen LogP contribution in [-0.4, -0.2) is 80.9 Å². The van der Waals surface area contributed by atoms with Crippen LogP contribution in [0.4, 0.5) is 0 Å². The number of ether oxygens (including phenoxy) is 4. The van der Waals surface area contributed by atoms with Crippen LogP contribution in [0.1, 0.15) is 207 Å². The fourth-order valence-electron chi connectivity index (χ4n) is 6.50. The topological polar surface area (TPSA) is 94.5 Å². The van der Waals surface area contributed by atoms with Gasteiger partial charge < -0.3 is 29.0 Å². The Bertz CT molecular complexity index is 838. The molecule has 0 spiro atoms. The summed E-state index contributed by atoms with van der Waals surface area (Å²) in [6.45, 7) is 11.6. The van der Waals surface area contributed by atoms with Gasteiger partial charge in [0.15, 0.2) is 6.29 Å². The van der Waals surface area contributed by atoms with Gasteiger partial charge in [-0.2, -0.15) is 0 Å². The van der Waals surface area contributed by atoms with E-state index < -0.39 is 6.29 Å². The molecule has 0 bridgehead atoms. The Balaban J connectivity index is 4.06. The van der Waals surface area contributed by atoms with E-state index >= 15 is 0 Å². The maximum absolute atomic E-state index is 12.5. The molecule has 0 aromatic carbocycles. The summed E-state index contributed by atoms with van der Waals surface area (Å²) in [5, 5.41) is 9.54. The first-order valence-corrected chi connectivity index (χ1v) is 23.2. The molecule has 324 valence electrons. The van der Waals surface area contributed by atoms with Crippen molar-refractivity contribution in [1.29, 1.82) is 0 Å². The van der Waals surface area contributed by atoms with Gasteiger partial charge in [0.1, 0.15) is 0 Å². The summed E-state index contributed by atoms with van der Waals surface area (Å²) in [7, 11) is 0. The first-order chi connectivity index (χ1) is 27.1. The number of hydrogen-bond acceptors (Lipinski definition) is 8. The third kappa shape index (κ3) is 41.7. The fraction of sp³-hybridized carbons (Fsp3) is 0.872. The highest BCUT2D eigenvalue weighted by atomic mass is 16.7. The Labute approximate surface area is 339 Å². The highest BCUT2D eigenvalue weighted by Crippen LogP contribution is 2.12. The van der Waals surface area contributed by atoms with Crippen molar-refractivity contribution in [3.8, 4) is 0 Å². The molecule has 0 heterocycles. The van der Waals surface area contributed by atoms with Crippen LogP contribution in [0, 0.1) is 0 Å². The summed E-state index contributed by atoms with van der Waals surface area (Å²) in [5.74, 6) is -0.236. The first-order valence-electron chi connectivity index (χ1n) is 23.2. The first kappa shape index (κ1) is 53.3. The van der Waals surface area contributed by atoms with E-state index in [1.165, 1.54) is 83.5 Å². The standard InChI is InChI=1S/C47H89NO7/c1-4-7-10-13-16-23-30-41-52-45(50)34-27-20-19-21-28-37-48(39-40-49)38-29-22-26-31-42-53-46(51)35-36-47(54-43-32-24-17-14-11-8-5-2)55-44-33-25-18-15-12-9-6-3/h24-25,32-33,47,49H,4-23,26-31,34-44H2,1-3H3/b32-24+,33-25+. The minimum Gasteiger partial charge on any atom is -0.466 e. The van der Waals surface area contributed by atoms with Crippen LogP contribution in [0.25, 0.3) is 0 Å². The zero-order valence-corrected chi connectivity index (χ0v) is 36.4. The highest BCUT2D eigenvalue weighted by molar-refractivity contribution is 5.69. The average Bonchev–Trinajstić information content (AvgIpc) is 3.18. The van der Waals surface area contributed by atoms with Gasteiger partial charge in [-0.3, -0.25) is 9.59 Å². The number of allylic oxidation sites excluding steroid dienone is 2. The van der Waals surface area contributed by atoms with Crippen molar-refractivity contribution in [1.82, 2.24) is 4.90 Å². The molecular weight excluding hydrogens is 691 g/mol. The molecule has 0 unspecified atom stereocenters. The van der Waals surface area contributed by atoms with Gasteiger partial charge in [-0.05, 0) is 70.9 Å². The number of unbranched alkanes of at least 4 members (excludes halogenated alkanes) is 21.